The van der Waals surface area contributed by atoms with Gasteiger partial charge in [0.05, 0.1) is 16.7 Å². The molecule has 1 amide bonds. The average Bonchev–Trinajstić information content (AvgIpc) is 3.45. The molecule has 1 aromatic carbocycles. The number of aromatic nitrogens is 6. The molecule has 0 unspecified atom stereocenters. The number of pyridine rings is 1. The Morgan fingerprint density at radius 2 is 1.87 bits per heavy atom. The zero-order chi connectivity index (χ0) is 20.7. The molecule has 5 rings (SSSR count). The SMILES string of the molecule is Cc1nnc2ccc3c(cc(-c4ccn(CCC(N)=O)n4)n3Cc3ccccc3)n12. The van der Waals surface area contributed by atoms with E-state index in [4.69, 9.17) is 5.73 Å². The number of hydrogen-bond acceptors (Lipinski definition) is 4. The van der Waals surface area contributed by atoms with Gasteiger partial charge in [0.15, 0.2) is 5.65 Å². The highest BCUT2D eigenvalue weighted by Crippen LogP contribution is 2.29. The van der Waals surface area contributed by atoms with Crippen molar-refractivity contribution >= 4 is 22.6 Å². The molecule has 0 aliphatic heterocycles. The van der Waals surface area contributed by atoms with Gasteiger partial charge in [-0.3, -0.25) is 13.9 Å². The maximum Gasteiger partial charge on any atom is 0.219 e. The minimum atomic E-state index is -0.337. The molecular weight excluding hydrogens is 378 g/mol. The van der Waals surface area contributed by atoms with Crippen molar-refractivity contribution in [2.75, 3.05) is 0 Å². The van der Waals surface area contributed by atoms with Crippen molar-refractivity contribution in [3.8, 4) is 11.4 Å². The van der Waals surface area contributed by atoms with Crippen LogP contribution in [-0.2, 0) is 17.9 Å². The van der Waals surface area contributed by atoms with Crippen LogP contribution in [0.2, 0.25) is 0 Å². The lowest BCUT2D eigenvalue weighted by Gasteiger charge is -2.10. The summed E-state index contributed by atoms with van der Waals surface area (Å²) in [5, 5.41) is 13.2. The minimum absolute atomic E-state index is 0.259. The summed E-state index contributed by atoms with van der Waals surface area (Å²) in [5.74, 6) is 0.502. The molecule has 150 valence electrons. The molecule has 0 aliphatic rings. The van der Waals surface area contributed by atoms with E-state index in [1.54, 1.807) is 4.68 Å². The summed E-state index contributed by atoms with van der Waals surface area (Å²) < 4.78 is 6.07. The number of carbonyl (C=O) groups is 1. The fraction of sp³-hybridized carbons (Fsp3) is 0.182. The number of benzene rings is 1. The molecule has 30 heavy (non-hydrogen) atoms. The Balaban J connectivity index is 1.67. The van der Waals surface area contributed by atoms with Gasteiger partial charge >= 0.3 is 0 Å². The summed E-state index contributed by atoms with van der Waals surface area (Å²) in [5.41, 5.74) is 11.2. The Morgan fingerprint density at radius 1 is 1.03 bits per heavy atom. The van der Waals surface area contributed by atoms with Gasteiger partial charge in [0.2, 0.25) is 5.91 Å². The minimum Gasteiger partial charge on any atom is -0.370 e. The van der Waals surface area contributed by atoms with Gasteiger partial charge in [-0.2, -0.15) is 5.10 Å². The van der Waals surface area contributed by atoms with Gasteiger partial charge in [-0.15, -0.1) is 10.2 Å². The van der Waals surface area contributed by atoms with E-state index in [0.717, 1.165) is 33.9 Å². The summed E-state index contributed by atoms with van der Waals surface area (Å²) in [6.45, 7) is 3.12. The summed E-state index contributed by atoms with van der Waals surface area (Å²) in [4.78, 5) is 11.1. The molecular formula is C22H21N7O. The predicted molar refractivity (Wildman–Crippen MR) is 114 cm³/mol. The van der Waals surface area contributed by atoms with Crippen LogP contribution in [0, 0.1) is 6.92 Å². The monoisotopic (exact) mass is 399 g/mol. The van der Waals surface area contributed by atoms with E-state index in [2.05, 4.69) is 48.5 Å². The molecule has 0 aliphatic carbocycles. The van der Waals surface area contributed by atoms with Crippen molar-refractivity contribution in [2.45, 2.75) is 26.4 Å². The van der Waals surface area contributed by atoms with Crippen LogP contribution in [0.15, 0.2) is 60.8 Å². The summed E-state index contributed by atoms with van der Waals surface area (Å²) in [7, 11) is 0. The summed E-state index contributed by atoms with van der Waals surface area (Å²) >= 11 is 0. The number of primary amides is 1. The molecule has 2 N–H and O–H groups in total. The van der Waals surface area contributed by atoms with Gasteiger partial charge in [-0.1, -0.05) is 30.3 Å². The van der Waals surface area contributed by atoms with Crippen molar-refractivity contribution in [2.24, 2.45) is 5.73 Å². The molecule has 8 nitrogen and oxygen atoms in total. The second-order valence-electron chi connectivity index (χ2n) is 7.33. The lowest BCUT2D eigenvalue weighted by Crippen LogP contribution is -2.14. The Bertz CT molecular complexity index is 1360. The third-order valence-electron chi connectivity index (χ3n) is 5.27. The highest BCUT2D eigenvalue weighted by atomic mass is 16.1. The predicted octanol–water partition coefficient (Wildman–Crippen LogP) is 2.78. The Morgan fingerprint density at radius 3 is 2.67 bits per heavy atom. The highest BCUT2D eigenvalue weighted by molar-refractivity contribution is 5.86. The van der Waals surface area contributed by atoms with Crippen molar-refractivity contribution in [3.05, 3.63) is 72.2 Å². The zero-order valence-corrected chi connectivity index (χ0v) is 16.6. The molecule has 0 bridgehead atoms. The normalized spacial score (nSPS) is 11.5. The second-order valence-corrected chi connectivity index (χ2v) is 7.33. The molecule has 0 saturated carbocycles. The van der Waals surface area contributed by atoms with E-state index in [1.165, 1.54) is 5.56 Å². The summed E-state index contributed by atoms with van der Waals surface area (Å²) in [6, 6.07) is 18.5. The van der Waals surface area contributed by atoms with Crippen molar-refractivity contribution in [3.63, 3.8) is 0 Å². The molecule has 4 heterocycles. The fourth-order valence-electron chi connectivity index (χ4n) is 3.84. The van der Waals surface area contributed by atoms with Gasteiger partial charge in [-0.05, 0) is 36.8 Å². The largest absolute Gasteiger partial charge is 0.370 e. The maximum atomic E-state index is 11.1. The smallest absolute Gasteiger partial charge is 0.219 e. The van der Waals surface area contributed by atoms with Gasteiger partial charge in [0, 0.05) is 25.7 Å². The van der Waals surface area contributed by atoms with Gasteiger partial charge in [0.1, 0.15) is 11.5 Å². The lowest BCUT2D eigenvalue weighted by molar-refractivity contribution is -0.118. The number of nitrogens with zero attached hydrogens (tertiary/aromatic N) is 6. The molecule has 0 radical (unpaired) electrons. The van der Waals surface area contributed by atoms with Crippen molar-refractivity contribution in [1.29, 1.82) is 0 Å². The second kappa shape index (κ2) is 7.14. The van der Waals surface area contributed by atoms with E-state index in [-0.39, 0.29) is 12.3 Å². The number of fused-ring (bicyclic) bond motifs is 3. The van der Waals surface area contributed by atoms with E-state index < -0.39 is 0 Å². The topological polar surface area (TPSA) is 96.0 Å². The zero-order valence-electron chi connectivity index (χ0n) is 16.6. The Hall–Kier alpha value is -3.94. The number of rotatable bonds is 6. The van der Waals surface area contributed by atoms with Gasteiger partial charge < -0.3 is 10.3 Å². The van der Waals surface area contributed by atoms with Crippen LogP contribution < -0.4 is 5.73 Å². The van der Waals surface area contributed by atoms with Crippen LogP contribution in [0.25, 0.3) is 28.1 Å². The van der Waals surface area contributed by atoms with Crippen LogP contribution in [-0.4, -0.2) is 34.9 Å². The van der Waals surface area contributed by atoms with Gasteiger partial charge in [-0.25, -0.2) is 0 Å². The summed E-state index contributed by atoms with van der Waals surface area (Å²) in [6.07, 6.45) is 2.14. The Labute approximate surface area is 172 Å². The first-order valence-electron chi connectivity index (χ1n) is 9.80. The number of amides is 1. The third kappa shape index (κ3) is 3.12. The van der Waals surface area contributed by atoms with E-state index >= 15 is 0 Å². The van der Waals surface area contributed by atoms with Gasteiger partial charge in [0.25, 0.3) is 0 Å². The van der Waals surface area contributed by atoms with Crippen LogP contribution in [0.5, 0.6) is 0 Å². The third-order valence-corrected chi connectivity index (χ3v) is 5.27. The molecule has 8 heteroatoms. The van der Waals surface area contributed by atoms with Crippen LogP contribution >= 0.6 is 0 Å². The molecule has 0 atom stereocenters. The number of aryl methyl sites for hydroxylation is 2. The van der Waals surface area contributed by atoms with E-state index in [1.807, 2.05) is 43.5 Å². The maximum absolute atomic E-state index is 11.1. The first kappa shape index (κ1) is 18.1. The van der Waals surface area contributed by atoms with E-state index in [0.29, 0.717) is 13.1 Å². The van der Waals surface area contributed by atoms with Crippen LogP contribution in [0.4, 0.5) is 0 Å². The molecule has 0 saturated heterocycles. The van der Waals surface area contributed by atoms with Crippen molar-refractivity contribution in [1.82, 2.24) is 28.9 Å². The quantitative estimate of drug-likeness (QED) is 0.475. The van der Waals surface area contributed by atoms with Crippen LogP contribution in [0.1, 0.15) is 17.8 Å². The molecule has 0 spiro atoms. The highest BCUT2D eigenvalue weighted by Gasteiger charge is 2.17. The Kier molecular flexibility index (Phi) is 4.31. The number of carbonyl (C=O) groups excluding carboxylic acids is 1. The van der Waals surface area contributed by atoms with E-state index in [9.17, 15) is 4.79 Å². The fourth-order valence-corrected chi connectivity index (χ4v) is 3.84. The first-order chi connectivity index (χ1) is 14.6. The lowest BCUT2D eigenvalue weighted by atomic mass is 10.2. The standard InChI is InChI=1S/C22H21N7O/c1-15-24-25-22-8-7-18-20(29(15)22)13-19(28(18)14-16-5-3-2-4-6-16)17-9-11-27(26-17)12-10-21(23)30/h2-9,11,13H,10,12,14H2,1H3,(H2,23,30). The molecule has 4 aromatic heterocycles. The van der Waals surface area contributed by atoms with Crippen LogP contribution in [0.3, 0.4) is 0 Å². The average molecular weight is 399 g/mol. The number of nitrogens with two attached hydrogens (primary N) is 1. The first-order valence-corrected chi connectivity index (χ1v) is 9.80. The van der Waals surface area contributed by atoms with Crippen molar-refractivity contribution < 1.29 is 4.79 Å². The molecule has 5 aromatic rings. The molecule has 0 fully saturated rings. The number of hydrogen-bond donors (Lipinski definition) is 1.